The molecule has 0 spiro atoms. The van der Waals surface area contributed by atoms with Crippen molar-refractivity contribution in [2.24, 2.45) is 0 Å². The molecule has 2 heterocycles. The predicted molar refractivity (Wildman–Crippen MR) is 82.3 cm³/mol. The Labute approximate surface area is 134 Å². The Morgan fingerprint density at radius 3 is 2.91 bits per heavy atom. The van der Waals surface area contributed by atoms with E-state index in [1.54, 1.807) is 12.1 Å². The Kier molecular flexibility index (Phi) is 5.00. The largest absolute Gasteiger partial charge is 0.387 e. The smallest absolute Gasteiger partial charge is 0.180 e. The number of ether oxygens (including phenoxy) is 1. The molecule has 6 nitrogen and oxygen atoms in total. The molecule has 0 saturated carbocycles. The van der Waals surface area contributed by atoms with Crippen LogP contribution in [0.4, 0.5) is 4.39 Å². The lowest BCUT2D eigenvalue weighted by Gasteiger charge is -2.32. The van der Waals surface area contributed by atoms with Crippen LogP contribution >= 0.6 is 0 Å². The first-order valence-electron chi connectivity index (χ1n) is 7.84. The summed E-state index contributed by atoms with van der Waals surface area (Å²) in [6, 6.07) is 5.95. The second-order valence-electron chi connectivity index (χ2n) is 5.68. The Hall–Kier alpha value is -1.83. The molecule has 1 aliphatic heterocycles. The maximum atomic E-state index is 13.0. The van der Waals surface area contributed by atoms with Gasteiger partial charge in [-0.05, 0) is 17.7 Å². The summed E-state index contributed by atoms with van der Waals surface area (Å²) >= 11 is 0. The summed E-state index contributed by atoms with van der Waals surface area (Å²) in [6.45, 7) is 4.41. The minimum atomic E-state index is -0.660. The number of aliphatic hydroxyl groups excluding tert-OH is 1. The van der Waals surface area contributed by atoms with Crippen LogP contribution in [0.15, 0.2) is 24.3 Å². The predicted octanol–water partition coefficient (Wildman–Crippen LogP) is 1.61. The molecule has 2 N–H and O–H groups in total. The molecule has 0 bridgehead atoms. The summed E-state index contributed by atoms with van der Waals surface area (Å²) in [5.41, 5.74) is 0.709. The molecule has 2 atom stereocenters. The van der Waals surface area contributed by atoms with Gasteiger partial charge in [0.2, 0.25) is 0 Å². The number of halogens is 1. The fourth-order valence-electron chi connectivity index (χ4n) is 2.67. The lowest BCUT2D eigenvalue weighted by Crippen LogP contribution is -2.40. The summed E-state index contributed by atoms with van der Waals surface area (Å²) in [6.07, 6.45) is -0.0550. The topological polar surface area (TPSA) is 74.3 Å². The monoisotopic (exact) mass is 320 g/mol. The van der Waals surface area contributed by atoms with Crippen molar-refractivity contribution < 1.29 is 14.2 Å². The number of morpholine rings is 1. The van der Waals surface area contributed by atoms with E-state index >= 15 is 0 Å². The van der Waals surface area contributed by atoms with Gasteiger partial charge in [0.15, 0.2) is 5.82 Å². The van der Waals surface area contributed by atoms with Crippen molar-refractivity contribution in [2.75, 3.05) is 26.2 Å². The zero-order valence-electron chi connectivity index (χ0n) is 13.1. The zero-order valence-corrected chi connectivity index (χ0v) is 13.1. The molecule has 0 unspecified atom stereocenters. The van der Waals surface area contributed by atoms with Gasteiger partial charge in [0.05, 0.1) is 12.7 Å². The molecule has 7 heteroatoms. The number of aryl methyl sites for hydroxylation is 1. The van der Waals surface area contributed by atoms with Crippen molar-refractivity contribution in [3.8, 4) is 0 Å². The van der Waals surface area contributed by atoms with Gasteiger partial charge < -0.3 is 9.84 Å². The second-order valence-corrected chi connectivity index (χ2v) is 5.68. The minimum Gasteiger partial charge on any atom is -0.387 e. The molecule has 3 rings (SSSR count). The number of aliphatic hydroxyl groups is 1. The Morgan fingerprint density at radius 2 is 2.22 bits per heavy atom. The minimum absolute atomic E-state index is 0.194. The summed E-state index contributed by atoms with van der Waals surface area (Å²) in [5, 5.41) is 17.4. The molecule has 0 amide bonds. The van der Waals surface area contributed by atoms with Crippen LogP contribution in [0, 0.1) is 5.82 Å². The van der Waals surface area contributed by atoms with E-state index in [9.17, 15) is 9.50 Å². The molecule has 0 radical (unpaired) electrons. The third-order valence-corrected chi connectivity index (χ3v) is 4.01. The van der Waals surface area contributed by atoms with Crippen LogP contribution in [-0.2, 0) is 11.2 Å². The fraction of sp³-hybridized carbons (Fsp3) is 0.500. The number of nitrogens with one attached hydrogen (secondary N) is 1. The number of nitrogens with zero attached hydrogens (tertiary/aromatic N) is 3. The van der Waals surface area contributed by atoms with Gasteiger partial charge in [0.1, 0.15) is 17.7 Å². The summed E-state index contributed by atoms with van der Waals surface area (Å²) in [4.78, 5) is 6.53. The van der Waals surface area contributed by atoms with Gasteiger partial charge in [0, 0.05) is 26.1 Å². The van der Waals surface area contributed by atoms with Crippen molar-refractivity contribution in [3.63, 3.8) is 0 Å². The van der Waals surface area contributed by atoms with Gasteiger partial charge in [0.25, 0.3) is 0 Å². The summed E-state index contributed by atoms with van der Waals surface area (Å²) < 4.78 is 18.7. The first-order chi connectivity index (χ1) is 11.2. The van der Waals surface area contributed by atoms with E-state index in [1.165, 1.54) is 12.1 Å². The van der Waals surface area contributed by atoms with Crippen LogP contribution in [0.2, 0.25) is 0 Å². The normalized spacial score (nSPS) is 20.6. The summed E-state index contributed by atoms with van der Waals surface area (Å²) in [7, 11) is 0. The molecule has 23 heavy (non-hydrogen) atoms. The lowest BCUT2D eigenvalue weighted by molar-refractivity contribution is -0.0461. The maximum absolute atomic E-state index is 13.0. The standard InChI is InChI=1S/C16H21FN4O2/c1-2-15-18-16(20-19-15)14-10-21(7-8-23-14)9-13(22)11-3-5-12(17)6-4-11/h3-6,13-14,22H,2,7-10H2,1H3,(H,18,19,20)/t13-,14+/m0/s1. The Bertz CT molecular complexity index is 631. The highest BCUT2D eigenvalue weighted by Crippen LogP contribution is 2.22. The van der Waals surface area contributed by atoms with E-state index in [4.69, 9.17) is 4.74 Å². The van der Waals surface area contributed by atoms with Crippen LogP contribution in [0.5, 0.6) is 0 Å². The molecule has 124 valence electrons. The van der Waals surface area contributed by atoms with E-state index in [1.807, 2.05) is 6.92 Å². The van der Waals surface area contributed by atoms with Crippen LogP contribution < -0.4 is 0 Å². The van der Waals surface area contributed by atoms with Gasteiger partial charge in [-0.25, -0.2) is 9.37 Å². The number of rotatable bonds is 5. The van der Waals surface area contributed by atoms with Gasteiger partial charge >= 0.3 is 0 Å². The van der Waals surface area contributed by atoms with Crippen molar-refractivity contribution >= 4 is 0 Å². The Balaban J connectivity index is 1.60. The number of aromatic amines is 1. The van der Waals surface area contributed by atoms with Gasteiger partial charge in [-0.15, -0.1) is 0 Å². The molecule has 1 aromatic heterocycles. The molecule has 1 fully saturated rings. The molecular formula is C16H21FN4O2. The molecule has 2 aromatic rings. The summed E-state index contributed by atoms with van der Waals surface area (Å²) in [5.74, 6) is 1.19. The number of aromatic nitrogens is 3. The number of H-pyrrole nitrogens is 1. The quantitative estimate of drug-likeness (QED) is 0.875. The van der Waals surface area contributed by atoms with E-state index < -0.39 is 6.10 Å². The molecule has 1 aromatic carbocycles. The average molecular weight is 320 g/mol. The molecule has 1 saturated heterocycles. The number of benzene rings is 1. The van der Waals surface area contributed by atoms with Crippen LogP contribution in [0.3, 0.4) is 0 Å². The highest BCUT2D eigenvalue weighted by molar-refractivity contribution is 5.18. The SMILES string of the molecule is CCc1nc([C@H]2CN(C[C@H](O)c3ccc(F)cc3)CCO2)n[nH]1. The third-order valence-electron chi connectivity index (χ3n) is 4.01. The molecule has 0 aliphatic carbocycles. The first kappa shape index (κ1) is 16.0. The van der Waals surface area contributed by atoms with E-state index in [0.717, 1.165) is 18.8 Å². The highest BCUT2D eigenvalue weighted by Gasteiger charge is 2.26. The van der Waals surface area contributed by atoms with Crippen molar-refractivity contribution in [2.45, 2.75) is 25.6 Å². The number of hydrogen-bond acceptors (Lipinski definition) is 5. The Morgan fingerprint density at radius 1 is 1.43 bits per heavy atom. The third kappa shape index (κ3) is 3.93. The average Bonchev–Trinajstić information content (AvgIpc) is 3.05. The van der Waals surface area contributed by atoms with E-state index in [0.29, 0.717) is 31.1 Å². The highest BCUT2D eigenvalue weighted by atomic mass is 19.1. The van der Waals surface area contributed by atoms with Crippen molar-refractivity contribution in [1.29, 1.82) is 0 Å². The lowest BCUT2D eigenvalue weighted by atomic mass is 10.1. The molecular weight excluding hydrogens is 299 g/mol. The van der Waals surface area contributed by atoms with Crippen molar-refractivity contribution in [1.82, 2.24) is 20.1 Å². The van der Waals surface area contributed by atoms with E-state index in [2.05, 4.69) is 20.1 Å². The van der Waals surface area contributed by atoms with Crippen LogP contribution in [-0.4, -0.2) is 51.4 Å². The second kappa shape index (κ2) is 7.16. The van der Waals surface area contributed by atoms with Gasteiger partial charge in [-0.2, -0.15) is 5.10 Å². The number of β-amino-alcohol motifs (C(OH)–C–C–N with tert-alkyl or cyclic N) is 1. The van der Waals surface area contributed by atoms with E-state index in [-0.39, 0.29) is 11.9 Å². The van der Waals surface area contributed by atoms with Gasteiger partial charge in [-0.1, -0.05) is 19.1 Å². The van der Waals surface area contributed by atoms with Crippen LogP contribution in [0.1, 0.15) is 36.3 Å². The van der Waals surface area contributed by atoms with Crippen molar-refractivity contribution in [3.05, 3.63) is 47.3 Å². The maximum Gasteiger partial charge on any atom is 0.180 e. The fourth-order valence-corrected chi connectivity index (χ4v) is 2.67. The molecule has 1 aliphatic rings. The zero-order chi connectivity index (χ0) is 16.2. The first-order valence-corrected chi connectivity index (χ1v) is 7.84. The number of hydrogen-bond donors (Lipinski definition) is 2. The van der Waals surface area contributed by atoms with Crippen LogP contribution in [0.25, 0.3) is 0 Å². The van der Waals surface area contributed by atoms with Gasteiger partial charge in [-0.3, -0.25) is 10.00 Å².